The number of nitrogens with one attached hydrogen (secondary N) is 1. The molecule has 1 aromatic rings. The Hall–Kier alpha value is -2.16. The average molecular weight is 282 g/mol. The summed E-state index contributed by atoms with van der Waals surface area (Å²) >= 11 is 0. The van der Waals surface area contributed by atoms with Crippen LogP contribution >= 0.6 is 0 Å². The van der Waals surface area contributed by atoms with E-state index in [0.29, 0.717) is 25.8 Å². The maximum absolute atomic E-state index is 13.5. The first-order chi connectivity index (χ1) is 9.58. The van der Waals surface area contributed by atoms with Gasteiger partial charge in [0, 0.05) is 13.0 Å². The zero-order chi connectivity index (χ0) is 15.0. The molecule has 1 rings (SSSR count). The van der Waals surface area contributed by atoms with E-state index in [2.05, 4.69) is 10.1 Å². The minimum absolute atomic E-state index is 0.0522. The second-order valence-electron chi connectivity index (χ2n) is 4.24. The molecule has 0 heterocycles. The molecule has 0 spiro atoms. The highest BCUT2D eigenvalue weighted by atomic mass is 19.1. The summed E-state index contributed by atoms with van der Waals surface area (Å²) in [5.41, 5.74) is -0.277. The molecule has 4 nitrogen and oxygen atoms in total. The van der Waals surface area contributed by atoms with E-state index in [4.69, 9.17) is 5.26 Å². The summed E-state index contributed by atoms with van der Waals surface area (Å²) in [6.07, 6.45) is 2.44. The molecular formula is C14H16F2N2O2. The van der Waals surface area contributed by atoms with E-state index in [-0.39, 0.29) is 17.2 Å². The van der Waals surface area contributed by atoms with Gasteiger partial charge in [0.15, 0.2) is 11.6 Å². The van der Waals surface area contributed by atoms with Crippen LogP contribution in [0.2, 0.25) is 0 Å². The van der Waals surface area contributed by atoms with E-state index < -0.39 is 11.6 Å². The molecule has 0 aliphatic carbocycles. The molecule has 1 N–H and O–H groups in total. The summed E-state index contributed by atoms with van der Waals surface area (Å²) < 4.78 is 31.5. The quantitative estimate of drug-likeness (QED) is 0.617. The second-order valence-corrected chi connectivity index (χ2v) is 4.24. The molecule has 1 aromatic carbocycles. The van der Waals surface area contributed by atoms with Crippen molar-refractivity contribution in [2.45, 2.75) is 25.7 Å². The van der Waals surface area contributed by atoms with Gasteiger partial charge in [-0.25, -0.2) is 8.78 Å². The Kier molecular flexibility index (Phi) is 6.44. The van der Waals surface area contributed by atoms with Gasteiger partial charge in [-0.1, -0.05) is 6.42 Å². The van der Waals surface area contributed by atoms with Crippen LogP contribution in [0.15, 0.2) is 12.1 Å². The van der Waals surface area contributed by atoms with Crippen LogP contribution in [0.25, 0.3) is 0 Å². The number of hydrogen-bond donors (Lipinski definition) is 1. The second kappa shape index (κ2) is 8.10. The maximum Gasteiger partial charge on any atom is 0.305 e. The summed E-state index contributed by atoms with van der Waals surface area (Å²) in [6, 6.07) is 3.66. The zero-order valence-corrected chi connectivity index (χ0v) is 11.2. The third kappa shape index (κ3) is 4.84. The topological polar surface area (TPSA) is 62.1 Å². The highest BCUT2D eigenvalue weighted by molar-refractivity contribution is 5.68. The lowest BCUT2D eigenvalue weighted by molar-refractivity contribution is -0.140. The number of esters is 1. The Balaban J connectivity index is 2.36. The number of carbonyl (C=O) groups excluding carboxylic acids is 1. The van der Waals surface area contributed by atoms with Gasteiger partial charge in [-0.2, -0.15) is 5.26 Å². The smallest absolute Gasteiger partial charge is 0.305 e. The SMILES string of the molecule is COC(=O)CCCCCNc1c(F)cc(C#N)cc1F. The number of ether oxygens (including phenoxy) is 1. The van der Waals surface area contributed by atoms with Crippen LogP contribution in [-0.2, 0) is 9.53 Å². The number of hydrogen-bond acceptors (Lipinski definition) is 4. The molecule has 0 aliphatic heterocycles. The largest absolute Gasteiger partial charge is 0.469 e. The number of unbranched alkanes of at least 4 members (excludes halogenated alkanes) is 2. The van der Waals surface area contributed by atoms with E-state index in [0.717, 1.165) is 18.6 Å². The lowest BCUT2D eigenvalue weighted by Gasteiger charge is -2.09. The Morgan fingerprint density at radius 2 is 1.95 bits per heavy atom. The van der Waals surface area contributed by atoms with E-state index in [1.165, 1.54) is 7.11 Å². The molecule has 0 aromatic heterocycles. The highest BCUT2D eigenvalue weighted by Crippen LogP contribution is 2.20. The molecule has 0 amide bonds. The van der Waals surface area contributed by atoms with Crippen molar-refractivity contribution in [1.82, 2.24) is 0 Å². The number of benzene rings is 1. The van der Waals surface area contributed by atoms with Crippen molar-refractivity contribution < 1.29 is 18.3 Å². The van der Waals surface area contributed by atoms with Crippen molar-refractivity contribution in [2.24, 2.45) is 0 Å². The molecule has 0 atom stereocenters. The fourth-order valence-electron chi connectivity index (χ4n) is 1.69. The maximum atomic E-state index is 13.5. The normalized spacial score (nSPS) is 9.90. The van der Waals surface area contributed by atoms with Crippen LogP contribution in [0.5, 0.6) is 0 Å². The molecule has 0 fully saturated rings. The van der Waals surface area contributed by atoms with Gasteiger partial charge in [0.1, 0.15) is 5.69 Å². The zero-order valence-electron chi connectivity index (χ0n) is 11.2. The fraction of sp³-hybridized carbons (Fsp3) is 0.429. The van der Waals surface area contributed by atoms with Crippen LogP contribution in [-0.4, -0.2) is 19.6 Å². The lowest BCUT2D eigenvalue weighted by atomic mass is 10.1. The van der Waals surface area contributed by atoms with Gasteiger partial charge in [0.2, 0.25) is 0 Å². The van der Waals surface area contributed by atoms with Crippen molar-refractivity contribution in [3.63, 3.8) is 0 Å². The number of nitrogens with zero attached hydrogens (tertiary/aromatic N) is 1. The van der Waals surface area contributed by atoms with Crippen LogP contribution in [0, 0.1) is 23.0 Å². The monoisotopic (exact) mass is 282 g/mol. The Morgan fingerprint density at radius 3 is 2.50 bits per heavy atom. The molecule has 0 unspecified atom stereocenters. The van der Waals surface area contributed by atoms with Crippen molar-refractivity contribution in [1.29, 1.82) is 5.26 Å². The third-order valence-corrected chi connectivity index (χ3v) is 2.76. The van der Waals surface area contributed by atoms with Gasteiger partial charge in [-0.3, -0.25) is 4.79 Å². The Bertz CT molecular complexity index is 489. The summed E-state index contributed by atoms with van der Waals surface area (Å²) in [7, 11) is 1.33. The molecule has 0 bridgehead atoms. The minimum atomic E-state index is -0.781. The number of carbonyl (C=O) groups is 1. The van der Waals surface area contributed by atoms with E-state index >= 15 is 0 Å². The number of methoxy groups -OCH3 is 1. The summed E-state index contributed by atoms with van der Waals surface area (Å²) in [5.74, 6) is -1.82. The Labute approximate surface area is 116 Å². The molecule has 20 heavy (non-hydrogen) atoms. The molecule has 108 valence electrons. The lowest BCUT2D eigenvalue weighted by Crippen LogP contribution is -2.06. The van der Waals surface area contributed by atoms with E-state index in [1.807, 2.05) is 0 Å². The Morgan fingerprint density at radius 1 is 1.30 bits per heavy atom. The first kappa shape index (κ1) is 15.9. The third-order valence-electron chi connectivity index (χ3n) is 2.76. The van der Waals surface area contributed by atoms with Gasteiger partial charge >= 0.3 is 5.97 Å². The van der Waals surface area contributed by atoms with Crippen molar-refractivity contribution in [2.75, 3.05) is 19.0 Å². The van der Waals surface area contributed by atoms with Crippen molar-refractivity contribution in [3.8, 4) is 6.07 Å². The van der Waals surface area contributed by atoms with E-state index in [9.17, 15) is 13.6 Å². The molecule has 0 saturated carbocycles. The van der Waals surface area contributed by atoms with Crippen LogP contribution in [0.1, 0.15) is 31.2 Å². The van der Waals surface area contributed by atoms with Crippen LogP contribution in [0.3, 0.4) is 0 Å². The number of nitriles is 1. The van der Waals surface area contributed by atoms with Gasteiger partial charge in [0.05, 0.1) is 18.7 Å². The predicted molar refractivity (Wildman–Crippen MR) is 70.0 cm³/mol. The first-order valence-corrected chi connectivity index (χ1v) is 6.28. The van der Waals surface area contributed by atoms with Gasteiger partial charge in [-0.15, -0.1) is 0 Å². The fourth-order valence-corrected chi connectivity index (χ4v) is 1.69. The highest BCUT2D eigenvalue weighted by Gasteiger charge is 2.10. The molecule has 0 aliphatic rings. The molecule has 0 saturated heterocycles. The van der Waals surface area contributed by atoms with Gasteiger partial charge in [-0.05, 0) is 25.0 Å². The average Bonchev–Trinajstić information content (AvgIpc) is 2.44. The van der Waals surface area contributed by atoms with Crippen molar-refractivity contribution >= 4 is 11.7 Å². The molecule has 6 heteroatoms. The summed E-state index contributed by atoms with van der Waals surface area (Å²) in [4.78, 5) is 10.9. The number of halogens is 2. The predicted octanol–water partition coefficient (Wildman–Crippen LogP) is 2.98. The van der Waals surface area contributed by atoms with Crippen LogP contribution < -0.4 is 5.32 Å². The van der Waals surface area contributed by atoms with Crippen molar-refractivity contribution in [3.05, 3.63) is 29.3 Å². The van der Waals surface area contributed by atoms with E-state index in [1.54, 1.807) is 6.07 Å². The van der Waals surface area contributed by atoms with Gasteiger partial charge < -0.3 is 10.1 Å². The first-order valence-electron chi connectivity index (χ1n) is 6.28. The minimum Gasteiger partial charge on any atom is -0.469 e. The summed E-state index contributed by atoms with van der Waals surface area (Å²) in [5, 5.41) is 11.2. The summed E-state index contributed by atoms with van der Waals surface area (Å²) in [6.45, 7) is 0.390. The standard InChI is InChI=1S/C14H16F2N2O2/c1-20-13(19)5-3-2-4-6-18-14-11(15)7-10(9-17)8-12(14)16/h7-8,18H,2-6H2,1H3. The molecular weight excluding hydrogens is 266 g/mol. The van der Waals surface area contributed by atoms with Gasteiger partial charge in [0.25, 0.3) is 0 Å². The number of rotatable bonds is 7. The molecule has 0 radical (unpaired) electrons. The van der Waals surface area contributed by atoms with Crippen LogP contribution in [0.4, 0.5) is 14.5 Å². The number of anilines is 1.